The highest BCUT2D eigenvalue weighted by Gasteiger charge is 2.23. The van der Waals surface area contributed by atoms with Crippen LogP contribution in [0.3, 0.4) is 0 Å². The van der Waals surface area contributed by atoms with E-state index >= 15 is 0 Å². The second kappa shape index (κ2) is 8.24. The van der Waals surface area contributed by atoms with Crippen LogP contribution in [0.25, 0.3) is 0 Å². The molecule has 1 aliphatic rings. The maximum atomic E-state index is 9.39. The van der Waals surface area contributed by atoms with Gasteiger partial charge in [0.05, 0.1) is 25.5 Å². The third-order valence-electron chi connectivity index (χ3n) is 4.26. The van der Waals surface area contributed by atoms with Crippen LogP contribution in [0.15, 0.2) is 6.20 Å². The van der Waals surface area contributed by atoms with Crippen LogP contribution in [0.2, 0.25) is 0 Å². The van der Waals surface area contributed by atoms with Crippen LogP contribution in [0.4, 0.5) is 0 Å². The highest BCUT2D eigenvalue weighted by molar-refractivity contribution is 5.24. The van der Waals surface area contributed by atoms with Gasteiger partial charge in [-0.2, -0.15) is 5.10 Å². The van der Waals surface area contributed by atoms with Crippen LogP contribution in [0.1, 0.15) is 32.0 Å². The molecule has 1 fully saturated rings. The fourth-order valence-corrected chi connectivity index (χ4v) is 3.04. The maximum Gasteiger partial charge on any atom is 0.0722 e. The second-order valence-corrected chi connectivity index (χ2v) is 7.38. The molecule has 0 unspecified atom stereocenters. The molecule has 1 aromatic rings. The molecule has 1 N–H and O–H groups in total. The summed E-state index contributed by atoms with van der Waals surface area (Å²) in [5.74, 6) is 0. The molecule has 1 aromatic heterocycles. The minimum absolute atomic E-state index is 0.0334. The molecule has 0 aliphatic carbocycles. The van der Waals surface area contributed by atoms with E-state index in [1.807, 2.05) is 11.7 Å². The first-order valence-electron chi connectivity index (χ1n) is 8.56. The average molecular weight is 324 g/mol. The molecule has 1 saturated heterocycles. The zero-order valence-electron chi connectivity index (χ0n) is 15.1. The zero-order valence-corrected chi connectivity index (χ0v) is 15.1. The van der Waals surface area contributed by atoms with Crippen molar-refractivity contribution in [1.29, 1.82) is 0 Å². The van der Waals surface area contributed by atoms with E-state index in [0.717, 1.165) is 51.6 Å². The fraction of sp³-hybridized carbons (Fsp3) is 0.824. The molecule has 6 heteroatoms. The van der Waals surface area contributed by atoms with Crippen molar-refractivity contribution in [1.82, 2.24) is 19.6 Å². The van der Waals surface area contributed by atoms with Gasteiger partial charge in [-0.1, -0.05) is 20.8 Å². The summed E-state index contributed by atoms with van der Waals surface area (Å²) in [6, 6.07) is 0. The number of hydrogen-bond donors (Lipinski definition) is 1. The lowest BCUT2D eigenvalue weighted by atomic mass is 9.89. The van der Waals surface area contributed by atoms with Crippen molar-refractivity contribution in [2.24, 2.45) is 7.05 Å². The molecule has 132 valence electrons. The number of aliphatic hydroxyl groups is 1. The van der Waals surface area contributed by atoms with Gasteiger partial charge in [-0.25, -0.2) is 0 Å². The average Bonchev–Trinajstić information content (AvgIpc) is 2.87. The van der Waals surface area contributed by atoms with Crippen molar-refractivity contribution < 1.29 is 9.84 Å². The maximum absolute atomic E-state index is 9.39. The van der Waals surface area contributed by atoms with E-state index in [0.29, 0.717) is 6.54 Å². The SMILES string of the molecule is Cn1cc(CN(CCO)CCN2CCOCC2)c(C(C)(C)C)n1. The largest absolute Gasteiger partial charge is 0.395 e. The number of ether oxygens (including phenoxy) is 1. The molecule has 2 rings (SSSR count). The standard InChI is InChI=1S/C17H32N4O2/c1-17(2,3)16-15(13-19(4)18-16)14-21(7-10-22)6-5-20-8-11-23-12-9-20/h13,22H,5-12,14H2,1-4H3. The van der Waals surface area contributed by atoms with Gasteiger partial charge in [0.1, 0.15) is 0 Å². The Morgan fingerprint density at radius 1 is 1.26 bits per heavy atom. The summed E-state index contributed by atoms with van der Waals surface area (Å²) in [6.07, 6.45) is 2.11. The predicted octanol–water partition coefficient (Wildman–Crippen LogP) is 0.844. The van der Waals surface area contributed by atoms with Crippen LogP contribution in [0, 0.1) is 0 Å². The van der Waals surface area contributed by atoms with Gasteiger partial charge in [0.2, 0.25) is 0 Å². The van der Waals surface area contributed by atoms with Gasteiger partial charge in [0.25, 0.3) is 0 Å². The first kappa shape index (κ1) is 18.4. The molecule has 0 amide bonds. The highest BCUT2D eigenvalue weighted by atomic mass is 16.5. The Hall–Kier alpha value is -0.950. The summed E-state index contributed by atoms with van der Waals surface area (Å²) in [4.78, 5) is 4.75. The Kier molecular flexibility index (Phi) is 6.59. The molecule has 2 heterocycles. The van der Waals surface area contributed by atoms with Gasteiger partial charge in [0.15, 0.2) is 0 Å². The van der Waals surface area contributed by atoms with E-state index in [-0.39, 0.29) is 12.0 Å². The molecule has 0 aromatic carbocycles. The predicted molar refractivity (Wildman–Crippen MR) is 91.5 cm³/mol. The van der Waals surface area contributed by atoms with Gasteiger partial charge in [0, 0.05) is 63.5 Å². The fourth-order valence-electron chi connectivity index (χ4n) is 3.04. The van der Waals surface area contributed by atoms with Gasteiger partial charge in [-0.15, -0.1) is 0 Å². The van der Waals surface area contributed by atoms with Crippen molar-refractivity contribution in [3.63, 3.8) is 0 Å². The summed E-state index contributed by atoms with van der Waals surface area (Å²) in [5.41, 5.74) is 2.44. The Balaban J connectivity index is 1.98. The van der Waals surface area contributed by atoms with Gasteiger partial charge in [-0.3, -0.25) is 14.5 Å². The summed E-state index contributed by atoms with van der Waals surface area (Å²) in [7, 11) is 1.98. The number of rotatable bonds is 7. The molecule has 0 atom stereocenters. The summed E-state index contributed by atoms with van der Waals surface area (Å²) in [6.45, 7) is 14.0. The van der Waals surface area contributed by atoms with Crippen molar-refractivity contribution in [2.75, 3.05) is 52.5 Å². The van der Waals surface area contributed by atoms with Crippen molar-refractivity contribution in [3.05, 3.63) is 17.5 Å². The smallest absolute Gasteiger partial charge is 0.0722 e. The lowest BCUT2D eigenvalue weighted by molar-refractivity contribution is 0.0320. The topological polar surface area (TPSA) is 53.8 Å². The van der Waals surface area contributed by atoms with E-state index in [1.165, 1.54) is 5.56 Å². The third-order valence-corrected chi connectivity index (χ3v) is 4.26. The third kappa shape index (κ3) is 5.57. The normalized spacial score (nSPS) is 17.1. The van der Waals surface area contributed by atoms with Gasteiger partial charge < -0.3 is 9.84 Å². The van der Waals surface area contributed by atoms with E-state index in [4.69, 9.17) is 4.74 Å². The van der Waals surface area contributed by atoms with Crippen LogP contribution in [-0.4, -0.2) is 77.2 Å². The Morgan fingerprint density at radius 3 is 2.57 bits per heavy atom. The zero-order chi connectivity index (χ0) is 16.9. The number of aromatic nitrogens is 2. The molecular formula is C17H32N4O2. The lowest BCUT2D eigenvalue weighted by Gasteiger charge is -2.30. The van der Waals surface area contributed by atoms with Crippen LogP contribution in [0.5, 0.6) is 0 Å². The number of aliphatic hydroxyl groups excluding tert-OH is 1. The summed E-state index contributed by atoms with van der Waals surface area (Å²) >= 11 is 0. The van der Waals surface area contributed by atoms with E-state index in [2.05, 4.69) is 41.9 Å². The van der Waals surface area contributed by atoms with Crippen molar-refractivity contribution in [2.45, 2.75) is 32.7 Å². The first-order chi connectivity index (χ1) is 10.9. The van der Waals surface area contributed by atoms with E-state index in [9.17, 15) is 5.11 Å². The molecule has 0 spiro atoms. The van der Waals surface area contributed by atoms with Crippen molar-refractivity contribution in [3.8, 4) is 0 Å². The molecule has 6 nitrogen and oxygen atoms in total. The number of nitrogens with zero attached hydrogens (tertiary/aromatic N) is 4. The second-order valence-electron chi connectivity index (χ2n) is 7.38. The van der Waals surface area contributed by atoms with Crippen LogP contribution in [-0.2, 0) is 23.7 Å². The van der Waals surface area contributed by atoms with Gasteiger partial charge >= 0.3 is 0 Å². The van der Waals surface area contributed by atoms with Crippen molar-refractivity contribution >= 4 is 0 Å². The Labute approximate surface area is 140 Å². The number of morpholine rings is 1. The van der Waals surface area contributed by atoms with E-state index < -0.39 is 0 Å². The van der Waals surface area contributed by atoms with Crippen LogP contribution < -0.4 is 0 Å². The molecule has 1 aliphatic heterocycles. The summed E-state index contributed by atoms with van der Waals surface area (Å²) in [5, 5.41) is 14.0. The summed E-state index contributed by atoms with van der Waals surface area (Å²) < 4.78 is 7.30. The highest BCUT2D eigenvalue weighted by Crippen LogP contribution is 2.25. The van der Waals surface area contributed by atoms with E-state index in [1.54, 1.807) is 0 Å². The molecular weight excluding hydrogens is 292 g/mol. The Bertz CT molecular complexity index is 475. The minimum Gasteiger partial charge on any atom is -0.395 e. The lowest BCUT2D eigenvalue weighted by Crippen LogP contribution is -2.42. The van der Waals surface area contributed by atoms with Crippen LogP contribution >= 0.6 is 0 Å². The Morgan fingerprint density at radius 2 is 1.96 bits per heavy atom. The molecule has 0 radical (unpaired) electrons. The molecule has 0 bridgehead atoms. The molecule has 0 saturated carbocycles. The number of aryl methyl sites for hydroxylation is 1. The quantitative estimate of drug-likeness (QED) is 0.806. The monoisotopic (exact) mass is 324 g/mol. The molecule has 23 heavy (non-hydrogen) atoms. The van der Waals surface area contributed by atoms with Gasteiger partial charge in [-0.05, 0) is 0 Å². The minimum atomic E-state index is 0.0334. The first-order valence-corrected chi connectivity index (χ1v) is 8.56. The number of hydrogen-bond acceptors (Lipinski definition) is 5.